The number of anilines is 6. The van der Waals surface area contributed by atoms with E-state index in [1.807, 2.05) is 0 Å². The van der Waals surface area contributed by atoms with Crippen molar-refractivity contribution in [2.75, 3.05) is 9.80 Å². The molecule has 0 bridgehead atoms. The molecule has 0 fully saturated rings. The second-order valence-electron chi connectivity index (χ2n) is 26.1. The van der Waals surface area contributed by atoms with Crippen molar-refractivity contribution in [3.8, 4) is 0 Å². The molecule has 76 heavy (non-hydrogen) atoms. The quantitative estimate of drug-likeness (QED) is 0.165. The smallest absolute Gasteiger partial charge is 0.0641 e. The molecule has 0 N–H and O–H groups in total. The highest BCUT2D eigenvalue weighted by molar-refractivity contribution is 6.32. The number of fused-ring (bicyclic) bond motifs is 12. The molecule has 0 atom stereocenters. The van der Waals surface area contributed by atoms with Gasteiger partial charge in [0.25, 0.3) is 0 Å². The van der Waals surface area contributed by atoms with Crippen LogP contribution in [0.1, 0.15) is 116 Å². The zero-order valence-electron chi connectivity index (χ0n) is 47.0. The molecule has 0 saturated heterocycles. The molecular formula is C72H70N4. The molecule has 13 aromatic rings. The number of aryl methyl sites for hydroxylation is 2. The van der Waals surface area contributed by atoms with Crippen LogP contribution in [0.5, 0.6) is 0 Å². The van der Waals surface area contributed by atoms with Crippen LogP contribution in [0.3, 0.4) is 0 Å². The Hall–Kier alpha value is -7.82. The fourth-order valence-corrected chi connectivity index (χ4v) is 12.7. The lowest BCUT2D eigenvalue weighted by molar-refractivity contribution is 0.590. The van der Waals surface area contributed by atoms with E-state index < -0.39 is 0 Å². The third-order valence-electron chi connectivity index (χ3n) is 16.6. The summed E-state index contributed by atoms with van der Waals surface area (Å²) in [6, 6.07) is 65.3. The Balaban J connectivity index is 1.17. The first kappa shape index (κ1) is 47.9. The third-order valence-corrected chi connectivity index (χ3v) is 16.6. The fourth-order valence-electron chi connectivity index (χ4n) is 12.7. The number of rotatable bonds is 6. The van der Waals surface area contributed by atoms with Gasteiger partial charge in [0, 0.05) is 65.8 Å². The van der Waals surface area contributed by atoms with Crippen LogP contribution in [-0.4, -0.2) is 8.80 Å². The minimum Gasteiger partial charge on any atom is -0.310 e. The van der Waals surface area contributed by atoms with Crippen LogP contribution in [0.25, 0.3) is 76.2 Å². The number of para-hydroxylation sites is 2. The highest BCUT2D eigenvalue weighted by Crippen LogP contribution is 2.53. The zero-order valence-corrected chi connectivity index (χ0v) is 47.0. The van der Waals surface area contributed by atoms with Crippen molar-refractivity contribution in [2.24, 2.45) is 0 Å². The van der Waals surface area contributed by atoms with Crippen LogP contribution in [0.15, 0.2) is 170 Å². The van der Waals surface area contributed by atoms with Gasteiger partial charge >= 0.3 is 0 Å². The van der Waals surface area contributed by atoms with E-state index in [9.17, 15) is 0 Å². The summed E-state index contributed by atoms with van der Waals surface area (Å²) < 4.78 is 5.30. The van der Waals surface area contributed by atoms with Gasteiger partial charge in [0.1, 0.15) is 0 Å². The summed E-state index contributed by atoms with van der Waals surface area (Å²) in [5.74, 6) is 0. The van der Waals surface area contributed by atoms with Crippen LogP contribution < -0.4 is 9.80 Å². The molecule has 0 radical (unpaired) electrons. The standard InChI is InChI=1S/C72H70N4/c1-43-27-31-47(32-28-43)73(49-21-15-19-45(39-49)69(3,4)5)59-37-35-51-55-41-62-56(42-61(55)75-65-53(63(59)67(51)75)23-17-25-57(65)71(9,10)11)52-36-38-60(64-54-24-18-26-58(72(12,13)14)66(54)76(62)68(52)64)74(48-33-29-44(2)30-34-48)50-22-16-20-46(40-50)70(6,7)8/h15-42H,1-14H3. The van der Waals surface area contributed by atoms with Crippen molar-refractivity contribution < 1.29 is 0 Å². The van der Waals surface area contributed by atoms with Crippen molar-refractivity contribution in [3.05, 3.63) is 203 Å². The van der Waals surface area contributed by atoms with Crippen molar-refractivity contribution >= 4 is 110 Å². The predicted octanol–water partition coefficient (Wildman–Crippen LogP) is 20.7. The van der Waals surface area contributed by atoms with Crippen LogP contribution in [0.2, 0.25) is 0 Å². The van der Waals surface area contributed by atoms with Gasteiger partial charge < -0.3 is 18.6 Å². The van der Waals surface area contributed by atoms with Gasteiger partial charge in [-0.25, -0.2) is 0 Å². The summed E-state index contributed by atoms with van der Waals surface area (Å²) in [7, 11) is 0. The molecule has 4 nitrogen and oxygen atoms in total. The summed E-state index contributed by atoms with van der Waals surface area (Å²) in [4.78, 5) is 5.02. The van der Waals surface area contributed by atoms with Crippen molar-refractivity contribution in [1.82, 2.24) is 8.80 Å². The van der Waals surface area contributed by atoms with E-state index in [1.165, 1.54) is 121 Å². The third kappa shape index (κ3) is 7.16. The van der Waals surface area contributed by atoms with Crippen LogP contribution >= 0.6 is 0 Å². The number of aromatic nitrogens is 2. The summed E-state index contributed by atoms with van der Waals surface area (Å²) >= 11 is 0. The molecule has 4 heteroatoms. The molecule has 4 aromatic heterocycles. The van der Waals surface area contributed by atoms with Gasteiger partial charge in [0.2, 0.25) is 0 Å². The molecular weight excluding hydrogens is 921 g/mol. The minimum absolute atomic E-state index is 0.0142. The lowest BCUT2D eigenvalue weighted by atomic mass is 9.85. The van der Waals surface area contributed by atoms with Gasteiger partial charge in [-0.05, 0) is 131 Å². The van der Waals surface area contributed by atoms with Crippen LogP contribution in [0.4, 0.5) is 34.1 Å². The first-order chi connectivity index (χ1) is 36.1. The molecule has 0 aliphatic carbocycles. The van der Waals surface area contributed by atoms with E-state index in [0.717, 1.165) is 22.7 Å². The van der Waals surface area contributed by atoms with E-state index in [0.29, 0.717) is 0 Å². The van der Waals surface area contributed by atoms with E-state index in [1.54, 1.807) is 0 Å². The Morgan fingerprint density at radius 1 is 0.303 bits per heavy atom. The summed E-state index contributed by atoms with van der Waals surface area (Å²) in [5, 5.41) is 10.2. The van der Waals surface area contributed by atoms with Crippen LogP contribution in [-0.2, 0) is 21.7 Å². The topological polar surface area (TPSA) is 15.3 Å². The van der Waals surface area contributed by atoms with Crippen molar-refractivity contribution in [3.63, 3.8) is 0 Å². The highest BCUT2D eigenvalue weighted by Gasteiger charge is 2.32. The SMILES string of the molecule is Cc1ccc(N(c2cccc(C(C)(C)C)c2)c2ccc3c4cc5c(cc4n4c6c(C(C)(C)C)cccc6c2c34)c2ccc(N(c3ccc(C)cc3)c3cccc(C(C)(C)C)c3)c3c4cccc(C(C)(C)C)c4n5c23)cc1. The van der Waals surface area contributed by atoms with E-state index in [4.69, 9.17) is 0 Å². The largest absolute Gasteiger partial charge is 0.310 e. The van der Waals surface area contributed by atoms with Crippen molar-refractivity contribution in [2.45, 2.75) is 119 Å². The van der Waals surface area contributed by atoms with E-state index in [-0.39, 0.29) is 21.7 Å². The molecule has 378 valence electrons. The summed E-state index contributed by atoms with van der Waals surface area (Å²) in [6.07, 6.45) is 0. The Morgan fingerprint density at radius 2 is 0.671 bits per heavy atom. The number of hydrogen-bond acceptors (Lipinski definition) is 2. The predicted molar refractivity (Wildman–Crippen MR) is 329 cm³/mol. The molecule has 9 aromatic carbocycles. The molecule has 0 spiro atoms. The first-order valence-electron chi connectivity index (χ1n) is 27.4. The number of nitrogens with zero attached hydrogens (tertiary/aromatic N) is 4. The maximum atomic E-state index is 2.65. The molecule has 0 aliphatic rings. The lowest BCUT2D eigenvalue weighted by Gasteiger charge is -2.29. The first-order valence-corrected chi connectivity index (χ1v) is 27.4. The van der Waals surface area contributed by atoms with Gasteiger partial charge in [-0.2, -0.15) is 0 Å². The molecule has 0 unspecified atom stereocenters. The van der Waals surface area contributed by atoms with E-state index in [2.05, 4.69) is 285 Å². The van der Waals surface area contributed by atoms with E-state index >= 15 is 0 Å². The normalized spacial score (nSPS) is 13.1. The number of benzene rings is 9. The summed E-state index contributed by atoms with van der Waals surface area (Å²) in [6.45, 7) is 32.4. The van der Waals surface area contributed by atoms with Crippen molar-refractivity contribution in [1.29, 1.82) is 0 Å². The average molecular weight is 991 g/mol. The molecule has 0 amide bonds. The minimum atomic E-state index is -0.122. The second kappa shape index (κ2) is 16.3. The van der Waals surface area contributed by atoms with Gasteiger partial charge in [0.15, 0.2) is 0 Å². The Kier molecular flexibility index (Phi) is 10.3. The average Bonchev–Trinajstić information content (AvgIpc) is 4.28. The molecule has 0 saturated carbocycles. The Labute approximate surface area is 448 Å². The molecule has 4 heterocycles. The molecule has 13 rings (SSSR count). The lowest BCUT2D eigenvalue weighted by Crippen LogP contribution is -2.14. The second-order valence-corrected chi connectivity index (χ2v) is 26.1. The van der Waals surface area contributed by atoms with Gasteiger partial charge in [-0.3, -0.25) is 0 Å². The van der Waals surface area contributed by atoms with Gasteiger partial charge in [-0.15, -0.1) is 0 Å². The Bertz CT molecular complexity index is 4150. The molecule has 0 aliphatic heterocycles. The fraction of sp³-hybridized carbons (Fsp3) is 0.250. The maximum Gasteiger partial charge on any atom is 0.0641 e. The van der Waals surface area contributed by atoms with Gasteiger partial charge in [0.05, 0.1) is 44.5 Å². The number of hydrogen-bond donors (Lipinski definition) is 0. The maximum absolute atomic E-state index is 2.65. The zero-order chi connectivity index (χ0) is 53.1. The summed E-state index contributed by atoms with van der Waals surface area (Å²) in [5.41, 5.74) is 22.1. The highest BCUT2D eigenvalue weighted by atomic mass is 15.2. The van der Waals surface area contributed by atoms with Crippen LogP contribution in [0, 0.1) is 13.8 Å². The Morgan fingerprint density at radius 3 is 1.03 bits per heavy atom. The van der Waals surface area contributed by atoms with Gasteiger partial charge in [-0.1, -0.05) is 191 Å². The monoisotopic (exact) mass is 991 g/mol.